The molecule has 0 unspecified atom stereocenters. The number of piperidine rings is 1. The third-order valence-electron chi connectivity index (χ3n) is 4.38. The molecule has 0 amide bonds. The molecule has 1 atom stereocenters. The fraction of sp³-hybridized carbons (Fsp3) is 0.444. The Labute approximate surface area is 137 Å². The fourth-order valence-corrected chi connectivity index (χ4v) is 3.17. The molecule has 0 spiro atoms. The number of rotatable bonds is 5. The fourth-order valence-electron chi connectivity index (χ4n) is 3.17. The van der Waals surface area contributed by atoms with Crippen molar-refractivity contribution in [2.75, 3.05) is 18.0 Å². The van der Waals surface area contributed by atoms with E-state index in [1.807, 2.05) is 25.4 Å². The highest BCUT2D eigenvalue weighted by Gasteiger charge is 2.21. The number of aliphatic hydroxyl groups is 1. The van der Waals surface area contributed by atoms with Crippen molar-refractivity contribution in [2.45, 2.75) is 39.0 Å². The number of anilines is 1. The molecule has 0 aromatic carbocycles. The molecular formula is C18H24N4O. The van der Waals surface area contributed by atoms with Gasteiger partial charge < -0.3 is 15.3 Å². The van der Waals surface area contributed by atoms with E-state index in [0.29, 0.717) is 6.04 Å². The van der Waals surface area contributed by atoms with Gasteiger partial charge in [0.2, 0.25) is 0 Å². The van der Waals surface area contributed by atoms with Gasteiger partial charge in [-0.15, -0.1) is 0 Å². The maximum atomic E-state index is 9.52. The molecule has 1 saturated heterocycles. The zero-order chi connectivity index (χ0) is 16.1. The highest BCUT2D eigenvalue weighted by atomic mass is 16.3. The van der Waals surface area contributed by atoms with Crippen LogP contribution in [0.15, 0.2) is 36.8 Å². The molecule has 0 aliphatic carbocycles. The average molecular weight is 312 g/mol. The maximum absolute atomic E-state index is 9.52. The van der Waals surface area contributed by atoms with Gasteiger partial charge >= 0.3 is 0 Å². The second kappa shape index (κ2) is 7.53. The molecule has 5 heteroatoms. The first-order valence-electron chi connectivity index (χ1n) is 8.20. The number of nitrogens with zero attached hydrogens (tertiary/aromatic N) is 3. The summed E-state index contributed by atoms with van der Waals surface area (Å²) < 4.78 is 0. The van der Waals surface area contributed by atoms with Crippen LogP contribution in [0.4, 0.5) is 5.69 Å². The van der Waals surface area contributed by atoms with Crippen molar-refractivity contribution in [1.29, 1.82) is 0 Å². The lowest BCUT2D eigenvalue weighted by atomic mass is 10.0. The van der Waals surface area contributed by atoms with Crippen molar-refractivity contribution in [1.82, 2.24) is 15.3 Å². The van der Waals surface area contributed by atoms with Gasteiger partial charge in [-0.2, -0.15) is 0 Å². The predicted octanol–water partition coefficient (Wildman–Crippen LogP) is 2.04. The van der Waals surface area contributed by atoms with Crippen molar-refractivity contribution >= 4 is 5.69 Å². The van der Waals surface area contributed by atoms with E-state index in [4.69, 9.17) is 0 Å². The average Bonchev–Trinajstić information content (AvgIpc) is 2.60. The number of hydrogen-bond donors (Lipinski definition) is 2. The first-order valence-corrected chi connectivity index (χ1v) is 8.20. The summed E-state index contributed by atoms with van der Waals surface area (Å²) in [7, 11) is 0. The highest BCUT2D eigenvalue weighted by molar-refractivity contribution is 5.51. The minimum atomic E-state index is 0.0583. The lowest BCUT2D eigenvalue weighted by molar-refractivity contribution is 0.281. The van der Waals surface area contributed by atoms with Crippen LogP contribution in [0, 0.1) is 6.92 Å². The van der Waals surface area contributed by atoms with E-state index in [9.17, 15) is 5.11 Å². The molecule has 1 aliphatic rings. The standard InChI is InChI=1S/C18H24N4O/c1-14-9-15(4-7-20-14)10-21-17-3-2-8-22(12-17)18-11-19-6-5-16(18)13-23/h4-7,9,11,17,21,23H,2-3,8,10,12-13H2,1H3/t17-/m0/s1. The van der Waals surface area contributed by atoms with Gasteiger partial charge in [-0.3, -0.25) is 9.97 Å². The molecule has 1 fully saturated rings. The van der Waals surface area contributed by atoms with E-state index in [2.05, 4.69) is 32.3 Å². The molecule has 2 N–H and O–H groups in total. The Balaban J connectivity index is 1.62. The second-order valence-electron chi connectivity index (χ2n) is 6.13. The Morgan fingerprint density at radius 2 is 2.26 bits per heavy atom. The molecule has 23 heavy (non-hydrogen) atoms. The van der Waals surface area contributed by atoms with Crippen LogP contribution in [0.5, 0.6) is 0 Å². The van der Waals surface area contributed by atoms with Crippen LogP contribution < -0.4 is 10.2 Å². The largest absolute Gasteiger partial charge is 0.392 e. The number of aryl methyl sites for hydroxylation is 1. The van der Waals surface area contributed by atoms with E-state index < -0.39 is 0 Å². The van der Waals surface area contributed by atoms with Gasteiger partial charge in [0, 0.05) is 49.3 Å². The summed E-state index contributed by atoms with van der Waals surface area (Å²) >= 11 is 0. The molecule has 122 valence electrons. The van der Waals surface area contributed by atoms with E-state index in [0.717, 1.165) is 43.0 Å². The molecule has 0 bridgehead atoms. The van der Waals surface area contributed by atoms with E-state index in [1.54, 1.807) is 6.20 Å². The summed E-state index contributed by atoms with van der Waals surface area (Å²) in [6, 6.07) is 6.53. The summed E-state index contributed by atoms with van der Waals surface area (Å²) in [6.07, 6.45) is 7.78. The predicted molar refractivity (Wildman–Crippen MR) is 91.2 cm³/mol. The van der Waals surface area contributed by atoms with Gasteiger partial charge in [-0.25, -0.2) is 0 Å². The van der Waals surface area contributed by atoms with Crippen LogP contribution in [-0.4, -0.2) is 34.2 Å². The molecular weight excluding hydrogens is 288 g/mol. The van der Waals surface area contributed by atoms with Crippen LogP contribution in [0.2, 0.25) is 0 Å². The van der Waals surface area contributed by atoms with Gasteiger partial charge in [0.1, 0.15) is 0 Å². The number of pyridine rings is 2. The minimum Gasteiger partial charge on any atom is -0.392 e. The van der Waals surface area contributed by atoms with Crippen LogP contribution >= 0.6 is 0 Å². The third-order valence-corrected chi connectivity index (χ3v) is 4.38. The molecule has 3 rings (SSSR count). The van der Waals surface area contributed by atoms with Gasteiger partial charge in [0.05, 0.1) is 18.5 Å². The second-order valence-corrected chi connectivity index (χ2v) is 6.13. The van der Waals surface area contributed by atoms with Gasteiger partial charge in [-0.1, -0.05) is 0 Å². The molecule has 2 aromatic heterocycles. The first-order chi connectivity index (χ1) is 11.3. The molecule has 0 radical (unpaired) electrons. The number of aromatic nitrogens is 2. The van der Waals surface area contributed by atoms with Crippen molar-refractivity contribution < 1.29 is 5.11 Å². The van der Waals surface area contributed by atoms with Crippen molar-refractivity contribution in [2.24, 2.45) is 0 Å². The Bertz CT molecular complexity index is 646. The smallest absolute Gasteiger partial charge is 0.0703 e. The van der Waals surface area contributed by atoms with E-state index in [-0.39, 0.29) is 6.61 Å². The summed E-state index contributed by atoms with van der Waals surface area (Å²) in [5.41, 5.74) is 4.33. The normalized spacial score (nSPS) is 18.2. The molecule has 3 heterocycles. The molecule has 0 saturated carbocycles. The Morgan fingerprint density at radius 3 is 3.09 bits per heavy atom. The van der Waals surface area contributed by atoms with Crippen molar-refractivity contribution in [3.8, 4) is 0 Å². The summed E-state index contributed by atoms with van der Waals surface area (Å²) in [5.74, 6) is 0. The van der Waals surface area contributed by atoms with Crippen molar-refractivity contribution in [3.63, 3.8) is 0 Å². The van der Waals surface area contributed by atoms with Crippen LogP contribution in [0.25, 0.3) is 0 Å². The van der Waals surface area contributed by atoms with Gasteiger partial charge in [0.25, 0.3) is 0 Å². The molecule has 2 aromatic rings. The molecule has 5 nitrogen and oxygen atoms in total. The summed E-state index contributed by atoms with van der Waals surface area (Å²) in [5, 5.41) is 13.2. The lowest BCUT2D eigenvalue weighted by Gasteiger charge is -2.35. The van der Waals surface area contributed by atoms with Gasteiger partial charge in [-0.05, 0) is 43.5 Å². The zero-order valence-electron chi connectivity index (χ0n) is 13.6. The highest BCUT2D eigenvalue weighted by Crippen LogP contribution is 2.23. The van der Waals surface area contributed by atoms with Crippen LogP contribution in [0.3, 0.4) is 0 Å². The number of hydrogen-bond acceptors (Lipinski definition) is 5. The van der Waals surface area contributed by atoms with E-state index >= 15 is 0 Å². The summed E-state index contributed by atoms with van der Waals surface area (Å²) in [6.45, 7) is 4.91. The maximum Gasteiger partial charge on any atom is 0.0703 e. The van der Waals surface area contributed by atoms with Crippen LogP contribution in [0.1, 0.15) is 29.7 Å². The Hall–Kier alpha value is -1.98. The van der Waals surface area contributed by atoms with Crippen LogP contribution in [-0.2, 0) is 13.2 Å². The number of nitrogens with one attached hydrogen (secondary N) is 1. The quantitative estimate of drug-likeness (QED) is 0.884. The van der Waals surface area contributed by atoms with Gasteiger partial charge in [0.15, 0.2) is 0 Å². The summed E-state index contributed by atoms with van der Waals surface area (Å²) in [4.78, 5) is 10.8. The zero-order valence-corrected chi connectivity index (χ0v) is 13.6. The SMILES string of the molecule is Cc1cc(CN[C@H]2CCCN(c3cnccc3CO)C2)ccn1. The van der Waals surface area contributed by atoms with E-state index in [1.165, 1.54) is 12.0 Å². The molecule has 1 aliphatic heterocycles. The minimum absolute atomic E-state index is 0.0583. The Morgan fingerprint density at radius 1 is 1.35 bits per heavy atom. The monoisotopic (exact) mass is 312 g/mol. The Kier molecular flexibility index (Phi) is 5.20. The number of aliphatic hydroxyl groups excluding tert-OH is 1. The first kappa shape index (κ1) is 15.9. The lowest BCUT2D eigenvalue weighted by Crippen LogP contribution is -2.45. The third kappa shape index (κ3) is 4.06. The topological polar surface area (TPSA) is 61.3 Å². The van der Waals surface area contributed by atoms with Crippen molar-refractivity contribution in [3.05, 3.63) is 53.6 Å².